The molecule has 0 unspecified atom stereocenters. The second-order valence-corrected chi connectivity index (χ2v) is 6.35. The van der Waals surface area contributed by atoms with Crippen molar-refractivity contribution in [3.05, 3.63) is 66.1 Å². The van der Waals surface area contributed by atoms with Crippen molar-refractivity contribution in [2.24, 2.45) is 0 Å². The molecule has 1 aromatic heterocycles. The van der Waals surface area contributed by atoms with E-state index < -0.39 is 0 Å². The maximum absolute atomic E-state index is 13.8. The van der Waals surface area contributed by atoms with Crippen LogP contribution in [0, 0.1) is 5.82 Å². The van der Waals surface area contributed by atoms with Crippen LogP contribution in [0.25, 0.3) is 0 Å². The minimum absolute atomic E-state index is 0.255. The highest BCUT2D eigenvalue weighted by Gasteiger charge is 2.15. The minimum Gasteiger partial charge on any atom is -0.378 e. The molecule has 1 aliphatic heterocycles. The number of nitrogens with zero attached hydrogens (tertiary/aromatic N) is 4. The Balaban J connectivity index is 1.47. The van der Waals surface area contributed by atoms with Crippen LogP contribution in [0.2, 0.25) is 0 Å². The first-order chi connectivity index (χ1) is 13.8. The van der Waals surface area contributed by atoms with Gasteiger partial charge in [-0.2, -0.15) is 10.1 Å². The van der Waals surface area contributed by atoms with E-state index in [1.54, 1.807) is 18.2 Å². The van der Waals surface area contributed by atoms with Crippen LogP contribution in [0.3, 0.4) is 0 Å². The van der Waals surface area contributed by atoms with E-state index in [4.69, 9.17) is 4.74 Å². The summed E-state index contributed by atoms with van der Waals surface area (Å²) in [5, 5.41) is 14.4. The zero-order valence-electron chi connectivity index (χ0n) is 15.3. The Morgan fingerprint density at radius 1 is 1.04 bits per heavy atom. The SMILES string of the molecule is Fc1ccccc1CNc1cnnc(Nc2ccccc2N2CCOCC2)n1. The minimum atomic E-state index is -0.255. The number of para-hydroxylation sites is 2. The largest absolute Gasteiger partial charge is 0.378 e. The van der Waals surface area contributed by atoms with Gasteiger partial charge in [0.1, 0.15) is 5.82 Å². The summed E-state index contributed by atoms with van der Waals surface area (Å²) in [7, 11) is 0. The number of ether oxygens (including phenoxy) is 1. The molecule has 0 radical (unpaired) electrons. The van der Waals surface area contributed by atoms with E-state index in [1.165, 1.54) is 12.3 Å². The molecule has 1 fully saturated rings. The molecule has 7 nitrogen and oxygen atoms in total. The lowest BCUT2D eigenvalue weighted by Crippen LogP contribution is -2.36. The fourth-order valence-electron chi connectivity index (χ4n) is 3.05. The molecule has 144 valence electrons. The Bertz CT molecular complexity index is 932. The molecule has 0 saturated carbocycles. The van der Waals surface area contributed by atoms with Crippen molar-refractivity contribution in [3.63, 3.8) is 0 Å². The molecular weight excluding hydrogens is 359 g/mol. The highest BCUT2D eigenvalue weighted by atomic mass is 19.1. The van der Waals surface area contributed by atoms with Crippen LogP contribution in [0.5, 0.6) is 0 Å². The van der Waals surface area contributed by atoms with E-state index in [9.17, 15) is 4.39 Å². The van der Waals surface area contributed by atoms with Gasteiger partial charge in [-0.1, -0.05) is 30.3 Å². The van der Waals surface area contributed by atoms with Crippen LogP contribution in [0.4, 0.5) is 27.5 Å². The van der Waals surface area contributed by atoms with Gasteiger partial charge in [0.2, 0.25) is 5.95 Å². The predicted molar refractivity (Wildman–Crippen MR) is 106 cm³/mol. The van der Waals surface area contributed by atoms with Gasteiger partial charge >= 0.3 is 0 Å². The van der Waals surface area contributed by atoms with E-state index in [0.29, 0.717) is 37.1 Å². The third kappa shape index (κ3) is 4.34. The summed E-state index contributed by atoms with van der Waals surface area (Å²) in [5.74, 6) is 0.638. The Kier molecular flexibility index (Phi) is 5.58. The lowest BCUT2D eigenvalue weighted by Gasteiger charge is -2.30. The Labute approximate surface area is 162 Å². The van der Waals surface area contributed by atoms with Crippen LogP contribution in [0.1, 0.15) is 5.56 Å². The summed E-state index contributed by atoms with van der Waals surface area (Å²) in [4.78, 5) is 6.70. The Hall–Kier alpha value is -3.26. The van der Waals surface area contributed by atoms with Gasteiger partial charge in [0.15, 0.2) is 5.82 Å². The van der Waals surface area contributed by atoms with Crippen molar-refractivity contribution >= 4 is 23.1 Å². The van der Waals surface area contributed by atoms with Crippen molar-refractivity contribution in [2.45, 2.75) is 6.54 Å². The second-order valence-electron chi connectivity index (χ2n) is 6.35. The van der Waals surface area contributed by atoms with Gasteiger partial charge in [0.05, 0.1) is 30.8 Å². The van der Waals surface area contributed by atoms with Gasteiger partial charge in [-0.15, -0.1) is 5.10 Å². The molecule has 8 heteroatoms. The molecule has 1 aliphatic rings. The average Bonchev–Trinajstić information content (AvgIpc) is 2.74. The number of hydrogen-bond donors (Lipinski definition) is 2. The van der Waals surface area contributed by atoms with Crippen LogP contribution in [0.15, 0.2) is 54.7 Å². The molecule has 0 aliphatic carbocycles. The molecule has 0 spiro atoms. The molecule has 1 saturated heterocycles. The summed E-state index contributed by atoms with van der Waals surface area (Å²) >= 11 is 0. The number of morpholine rings is 1. The quantitative estimate of drug-likeness (QED) is 0.680. The fraction of sp³-hybridized carbons (Fsp3) is 0.250. The van der Waals surface area contributed by atoms with Crippen LogP contribution in [-0.4, -0.2) is 41.5 Å². The molecular formula is C20H21FN6O. The molecule has 0 atom stereocenters. The number of nitrogens with one attached hydrogen (secondary N) is 2. The zero-order valence-corrected chi connectivity index (χ0v) is 15.3. The Morgan fingerprint density at radius 3 is 2.68 bits per heavy atom. The highest BCUT2D eigenvalue weighted by Crippen LogP contribution is 2.28. The smallest absolute Gasteiger partial charge is 0.249 e. The number of halogens is 1. The third-order valence-corrected chi connectivity index (χ3v) is 4.48. The summed E-state index contributed by atoms with van der Waals surface area (Å²) in [5.41, 5.74) is 2.53. The lowest BCUT2D eigenvalue weighted by atomic mass is 10.2. The molecule has 2 aromatic carbocycles. The molecule has 0 amide bonds. The normalized spacial score (nSPS) is 14.0. The number of hydrogen-bond acceptors (Lipinski definition) is 7. The molecule has 2 heterocycles. The zero-order chi connectivity index (χ0) is 19.2. The molecule has 3 aromatic rings. The number of benzene rings is 2. The van der Waals surface area contributed by atoms with Crippen molar-refractivity contribution in [1.29, 1.82) is 0 Å². The first kappa shape index (κ1) is 18.1. The second kappa shape index (κ2) is 8.62. The standard InChI is InChI=1S/C20H21FN6O/c21-16-6-2-1-5-15(16)13-22-19-14-23-26-20(25-19)24-17-7-3-4-8-18(17)27-9-11-28-12-10-27/h1-8,14H,9-13H2,(H2,22,24,25,26). The topological polar surface area (TPSA) is 75.2 Å². The molecule has 4 rings (SSSR count). The number of rotatable bonds is 6. The first-order valence-electron chi connectivity index (χ1n) is 9.15. The Morgan fingerprint density at radius 2 is 1.82 bits per heavy atom. The van der Waals surface area contributed by atoms with Crippen molar-refractivity contribution < 1.29 is 9.13 Å². The summed E-state index contributed by atoms with van der Waals surface area (Å²) in [6.07, 6.45) is 1.51. The molecule has 28 heavy (non-hydrogen) atoms. The fourth-order valence-corrected chi connectivity index (χ4v) is 3.05. The molecule has 2 N–H and O–H groups in total. The number of anilines is 4. The van der Waals surface area contributed by atoms with Crippen molar-refractivity contribution in [3.8, 4) is 0 Å². The average molecular weight is 380 g/mol. The monoisotopic (exact) mass is 380 g/mol. The van der Waals surface area contributed by atoms with Gasteiger partial charge in [0.25, 0.3) is 0 Å². The van der Waals surface area contributed by atoms with E-state index >= 15 is 0 Å². The summed E-state index contributed by atoms with van der Waals surface area (Å²) < 4.78 is 19.2. The van der Waals surface area contributed by atoms with E-state index in [-0.39, 0.29) is 5.82 Å². The summed E-state index contributed by atoms with van der Waals surface area (Å²) in [6, 6.07) is 14.6. The van der Waals surface area contributed by atoms with Gasteiger partial charge in [-0.3, -0.25) is 0 Å². The summed E-state index contributed by atoms with van der Waals surface area (Å²) in [6.45, 7) is 3.41. The van der Waals surface area contributed by atoms with Gasteiger partial charge in [-0.25, -0.2) is 4.39 Å². The van der Waals surface area contributed by atoms with E-state index in [0.717, 1.165) is 24.5 Å². The van der Waals surface area contributed by atoms with Crippen molar-refractivity contribution in [1.82, 2.24) is 15.2 Å². The molecule has 0 bridgehead atoms. The first-order valence-corrected chi connectivity index (χ1v) is 9.15. The van der Waals surface area contributed by atoms with Gasteiger partial charge in [-0.05, 0) is 18.2 Å². The van der Waals surface area contributed by atoms with E-state index in [1.807, 2.05) is 18.2 Å². The third-order valence-electron chi connectivity index (χ3n) is 4.48. The predicted octanol–water partition coefficient (Wildman–Crippen LogP) is 3.20. The van der Waals surface area contributed by atoms with Crippen LogP contribution >= 0.6 is 0 Å². The maximum Gasteiger partial charge on any atom is 0.249 e. The van der Waals surface area contributed by atoms with Crippen LogP contribution < -0.4 is 15.5 Å². The van der Waals surface area contributed by atoms with Crippen molar-refractivity contribution in [2.75, 3.05) is 41.8 Å². The lowest BCUT2D eigenvalue weighted by molar-refractivity contribution is 0.123. The van der Waals surface area contributed by atoms with Crippen LogP contribution in [-0.2, 0) is 11.3 Å². The van der Waals surface area contributed by atoms with E-state index in [2.05, 4.69) is 36.8 Å². The van der Waals surface area contributed by atoms with Gasteiger partial charge in [0, 0.05) is 25.2 Å². The maximum atomic E-state index is 13.8. The number of aromatic nitrogens is 3. The van der Waals surface area contributed by atoms with Gasteiger partial charge < -0.3 is 20.3 Å². The highest BCUT2D eigenvalue weighted by molar-refractivity contribution is 5.73.